The number of amides is 1. The maximum Gasteiger partial charge on any atom is 0.251 e. The highest BCUT2D eigenvalue weighted by Gasteiger charge is 2.09. The van der Waals surface area contributed by atoms with E-state index in [-0.39, 0.29) is 5.91 Å². The molecule has 1 N–H and O–H groups in total. The van der Waals surface area contributed by atoms with E-state index in [4.69, 9.17) is 11.6 Å². The molecule has 0 saturated carbocycles. The first-order valence-electron chi connectivity index (χ1n) is 5.03. The van der Waals surface area contributed by atoms with Gasteiger partial charge in [-0.2, -0.15) is 0 Å². The van der Waals surface area contributed by atoms with Gasteiger partial charge in [-0.05, 0) is 61.5 Å². The lowest BCUT2D eigenvalue weighted by Crippen LogP contribution is -2.22. The van der Waals surface area contributed by atoms with Crippen LogP contribution in [0.2, 0.25) is 5.02 Å². The molecule has 2 aromatic rings. The third kappa shape index (κ3) is 3.35. The number of carbonyl (C=O) groups excluding carboxylic acids is 1. The Bertz CT molecular complexity index is 585. The molecule has 0 spiro atoms. The van der Waals surface area contributed by atoms with E-state index in [2.05, 4.69) is 37.2 Å². The molecule has 0 aliphatic carbocycles. The van der Waals surface area contributed by atoms with Crippen LogP contribution in [-0.2, 0) is 6.54 Å². The summed E-state index contributed by atoms with van der Waals surface area (Å²) in [4.78, 5) is 13.0. The van der Waals surface area contributed by atoms with Crippen LogP contribution in [-0.4, -0.2) is 5.91 Å². The van der Waals surface area contributed by atoms with Crippen LogP contribution in [0, 0.1) is 0 Å². The summed E-state index contributed by atoms with van der Waals surface area (Å²) in [6.07, 6.45) is 0. The average molecular weight is 410 g/mol. The molecule has 2 nitrogen and oxygen atoms in total. The van der Waals surface area contributed by atoms with Gasteiger partial charge in [-0.25, -0.2) is 0 Å². The minimum absolute atomic E-state index is 0.135. The highest BCUT2D eigenvalue weighted by Crippen LogP contribution is 2.24. The van der Waals surface area contributed by atoms with Crippen LogP contribution < -0.4 is 5.32 Å². The molecule has 0 aliphatic rings. The molecule has 0 fully saturated rings. The van der Waals surface area contributed by atoms with Gasteiger partial charge in [0.2, 0.25) is 0 Å². The van der Waals surface area contributed by atoms with Crippen molar-refractivity contribution in [3.63, 3.8) is 0 Å². The number of halogens is 3. The van der Waals surface area contributed by atoms with Crippen LogP contribution in [0.5, 0.6) is 0 Å². The van der Waals surface area contributed by atoms with Crippen molar-refractivity contribution >= 4 is 60.7 Å². The van der Waals surface area contributed by atoms with Gasteiger partial charge in [-0.3, -0.25) is 4.79 Å². The third-order valence-electron chi connectivity index (χ3n) is 2.28. The fourth-order valence-electron chi connectivity index (χ4n) is 1.35. The number of benzene rings is 1. The SMILES string of the molecule is O=C(NCc1sccc1Br)c1ccc(Br)c(Cl)c1. The monoisotopic (exact) mass is 407 g/mol. The van der Waals surface area contributed by atoms with E-state index in [0.717, 1.165) is 13.8 Å². The molecule has 2 rings (SSSR count). The van der Waals surface area contributed by atoms with Gasteiger partial charge in [-0.1, -0.05) is 11.6 Å². The summed E-state index contributed by atoms with van der Waals surface area (Å²) in [6, 6.07) is 7.10. The second-order valence-corrected chi connectivity index (χ2v) is 6.62. The number of hydrogen-bond acceptors (Lipinski definition) is 2. The zero-order valence-corrected chi connectivity index (χ0v) is 13.8. The first-order valence-corrected chi connectivity index (χ1v) is 7.87. The first kappa shape index (κ1) is 14.1. The van der Waals surface area contributed by atoms with Gasteiger partial charge in [0.15, 0.2) is 0 Å². The maximum absolute atomic E-state index is 11.9. The van der Waals surface area contributed by atoms with Crippen molar-refractivity contribution in [2.24, 2.45) is 0 Å². The summed E-state index contributed by atoms with van der Waals surface area (Å²) in [5, 5.41) is 5.36. The van der Waals surface area contributed by atoms with Crippen molar-refractivity contribution < 1.29 is 4.79 Å². The van der Waals surface area contributed by atoms with Crippen LogP contribution in [0.15, 0.2) is 38.6 Å². The minimum atomic E-state index is -0.135. The summed E-state index contributed by atoms with van der Waals surface area (Å²) < 4.78 is 1.79. The van der Waals surface area contributed by atoms with E-state index >= 15 is 0 Å². The van der Waals surface area contributed by atoms with Crippen molar-refractivity contribution in [2.75, 3.05) is 0 Å². The standard InChI is InChI=1S/C12H8Br2ClNOS/c13-8-2-1-7(5-10(8)15)12(17)16-6-11-9(14)3-4-18-11/h1-5H,6H2,(H,16,17). The topological polar surface area (TPSA) is 29.1 Å². The number of carbonyl (C=O) groups is 1. The Morgan fingerprint density at radius 2 is 2.06 bits per heavy atom. The van der Waals surface area contributed by atoms with Gasteiger partial charge in [0.25, 0.3) is 5.91 Å². The summed E-state index contributed by atoms with van der Waals surface area (Å²) in [5.74, 6) is -0.135. The van der Waals surface area contributed by atoms with Crippen molar-refractivity contribution in [1.29, 1.82) is 0 Å². The van der Waals surface area contributed by atoms with Crippen molar-refractivity contribution in [3.05, 3.63) is 54.1 Å². The van der Waals surface area contributed by atoms with Crippen LogP contribution in [0.1, 0.15) is 15.2 Å². The van der Waals surface area contributed by atoms with Crippen molar-refractivity contribution in [2.45, 2.75) is 6.54 Å². The molecule has 94 valence electrons. The van der Waals surface area contributed by atoms with E-state index < -0.39 is 0 Å². The zero-order valence-electron chi connectivity index (χ0n) is 9.04. The van der Waals surface area contributed by atoms with Crippen molar-refractivity contribution in [1.82, 2.24) is 5.32 Å². The van der Waals surface area contributed by atoms with E-state index in [1.54, 1.807) is 29.5 Å². The van der Waals surface area contributed by atoms with Gasteiger partial charge < -0.3 is 5.32 Å². The Morgan fingerprint density at radius 1 is 1.28 bits per heavy atom. The van der Waals surface area contributed by atoms with Crippen LogP contribution in [0.25, 0.3) is 0 Å². The van der Waals surface area contributed by atoms with E-state index in [0.29, 0.717) is 17.1 Å². The molecule has 18 heavy (non-hydrogen) atoms. The number of thiophene rings is 1. The zero-order chi connectivity index (χ0) is 13.1. The highest BCUT2D eigenvalue weighted by atomic mass is 79.9. The second-order valence-electron chi connectivity index (χ2n) is 3.50. The lowest BCUT2D eigenvalue weighted by molar-refractivity contribution is 0.0951. The van der Waals surface area contributed by atoms with E-state index in [9.17, 15) is 4.79 Å². The van der Waals surface area contributed by atoms with Crippen LogP contribution in [0.4, 0.5) is 0 Å². The highest BCUT2D eigenvalue weighted by molar-refractivity contribution is 9.10. The summed E-state index contributed by atoms with van der Waals surface area (Å²) >= 11 is 14.3. The van der Waals surface area contributed by atoms with Crippen LogP contribution in [0.3, 0.4) is 0 Å². The molecule has 0 aliphatic heterocycles. The Hall–Kier alpha value is -0.360. The molecule has 0 atom stereocenters. The molecule has 6 heteroatoms. The Kier molecular flexibility index (Phi) is 4.84. The summed E-state index contributed by atoms with van der Waals surface area (Å²) in [6.45, 7) is 0.505. The fourth-order valence-corrected chi connectivity index (χ4v) is 3.21. The summed E-state index contributed by atoms with van der Waals surface area (Å²) in [7, 11) is 0. The van der Waals surface area contributed by atoms with Gasteiger partial charge in [-0.15, -0.1) is 11.3 Å². The third-order valence-corrected chi connectivity index (χ3v) is 5.44. The van der Waals surface area contributed by atoms with E-state index in [1.807, 2.05) is 11.4 Å². The molecule has 0 unspecified atom stereocenters. The van der Waals surface area contributed by atoms with Gasteiger partial charge in [0.05, 0.1) is 11.6 Å². The number of rotatable bonds is 3. The lowest BCUT2D eigenvalue weighted by atomic mass is 10.2. The molecule has 0 radical (unpaired) electrons. The maximum atomic E-state index is 11.9. The Labute approximate surface area is 131 Å². The average Bonchev–Trinajstić information content (AvgIpc) is 2.75. The molecule has 0 bridgehead atoms. The molecule has 1 aromatic heterocycles. The second kappa shape index (κ2) is 6.19. The van der Waals surface area contributed by atoms with Crippen LogP contribution >= 0.6 is 54.8 Å². The fraction of sp³-hybridized carbons (Fsp3) is 0.0833. The first-order chi connectivity index (χ1) is 8.58. The quantitative estimate of drug-likeness (QED) is 0.771. The predicted molar refractivity (Wildman–Crippen MR) is 82.3 cm³/mol. The predicted octanol–water partition coefficient (Wildman–Crippen LogP) is 4.86. The number of nitrogens with one attached hydrogen (secondary N) is 1. The smallest absolute Gasteiger partial charge is 0.251 e. The normalized spacial score (nSPS) is 10.4. The minimum Gasteiger partial charge on any atom is -0.347 e. The van der Waals surface area contributed by atoms with Gasteiger partial charge in [0, 0.05) is 19.4 Å². The molecule has 1 heterocycles. The van der Waals surface area contributed by atoms with Gasteiger partial charge in [0.1, 0.15) is 0 Å². The van der Waals surface area contributed by atoms with Crippen molar-refractivity contribution in [3.8, 4) is 0 Å². The molecule has 0 saturated heterocycles. The number of hydrogen-bond donors (Lipinski definition) is 1. The largest absolute Gasteiger partial charge is 0.347 e. The Morgan fingerprint density at radius 3 is 2.67 bits per heavy atom. The Balaban J connectivity index is 2.04. The molecular weight excluding hydrogens is 401 g/mol. The molecule has 1 aromatic carbocycles. The van der Waals surface area contributed by atoms with E-state index in [1.165, 1.54) is 0 Å². The van der Waals surface area contributed by atoms with Gasteiger partial charge >= 0.3 is 0 Å². The summed E-state index contributed by atoms with van der Waals surface area (Å²) in [5.41, 5.74) is 0.552. The lowest BCUT2D eigenvalue weighted by Gasteiger charge is -2.05. The molecular formula is C12H8Br2ClNOS. The molecule has 1 amide bonds.